The van der Waals surface area contributed by atoms with E-state index in [1.807, 2.05) is 32.9 Å². The summed E-state index contributed by atoms with van der Waals surface area (Å²) in [6.45, 7) is 7.46. The zero-order valence-electron chi connectivity index (χ0n) is 16.2. The summed E-state index contributed by atoms with van der Waals surface area (Å²) >= 11 is 0. The molecule has 2 amide bonds. The molecular formula is C20H22N4O4. The summed E-state index contributed by atoms with van der Waals surface area (Å²) in [6, 6.07) is 9.30. The number of rotatable bonds is 6. The van der Waals surface area contributed by atoms with E-state index in [1.165, 1.54) is 18.2 Å². The number of amides is 2. The number of carbonyl (C=O) groups excluding carboxylic acids is 2. The summed E-state index contributed by atoms with van der Waals surface area (Å²) in [6.07, 6.45) is 0.00196. The third-order valence-corrected chi connectivity index (χ3v) is 4.03. The number of nitrogens with one attached hydrogen (secondary N) is 2. The minimum atomic E-state index is -0.589. The number of nitro groups is 1. The van der Waals surface area contributed by atoms with Crippen LogP contribution in [0.15, 0.2) is 41.5 Å². The fraction of sp³-hybridized carbons (Fsp3) is 0.250. The SMILES string of the molecule is CC(CC(=O)Nc1c(C)cc(C)cc1C)=NNC(=O)c1cccc([N+](=O)[O-])c1. The van der Waals surface area contributed by atoms with Gasteiger partial charge in [-0.1, -0.05) is 23.8 Å². The van der Waals surface area contributed by atoms with E-state index < -0.39 is 10.8 Å². The Hall–Kier alpha value is -3.55. The van der Waals surface area contributed by atoms with Crippen LogP contribution in [0.5, 0.6) is 0 Å². The maximum atomic E-state index is 12.3. The predicted octanol–water partition coefficient (Wildman–Crippen LogP) is 3.65. The van der Waals surface area contributed by atoms with E-state index in [0.29, 0.717) is 5.71 Å². The minimum Gasteiger partial charge on any atom is -0.325 e. The molecule has 28 heavy (non-hydrogen) atoms. The first-order valence-electron chi connectivity index (χ1n) is 8.63. The maximum absolute atomic E-state index is 12.3. The molecule has 0 aliphatic carbocycles. The summed E-state index contributed by atoms with van der Waals surface area (Å²) < 4.78 is 0. The lowest BCUT2D eigenvalue weighted by Gasteiger charge is -2.12. The van der Waals surface area contributed by atoms with Gasteiger partial charge in [0.25, 0.3) is 11.6 Å². The van der Waals surface area contributed by atoms with Crippen LogP contribution >= 0.6 is 0 Å². The van der Waals surface area contributed by atoms with Gasteiger partial charge in [-0.15, -0.1) is 0 Å². The van der Waals surface area contributed by atoms with Gasteiger partial charge in [0.05, 0.1) is 11.3 Å². The van der Waals surface area contributed by atoms with E-state index in [2.05, 4.69) is 15.8 Å². The molecule has 0 spiro atoms. The number of benzene rings is 2. The van der Waals surface area contributed by atoms with E-state index in [-0.39, 0.29) is 23.6 Å². The van der Waals surface area contributed by atoms with Crippen molar-refractivity contribution in [3.05, 3.63) is 68.8 Å². The van der Waals surface area contributed by atoms with Crippen molar-refractivity contribution in [1.29, 1.82) is 0 Å². The van der Waals surface area contributed by atoms with Crippen molar-refractivity contribution < 1.29 is 14.5 Å². The Kier molecular flexibility index (Phi) is 6.59. The smallest absolute Gasteiger partial charge is 0.271 e. The third kappa shape index (κ3) is 5.47. The number of carbonyl (C=O) groups is 2. The minimum absolute atomic E-state index is 0.00196. The van der Waals surface area contributed by atoms with Crippen molar-refractivity contribution >= 4 is 28.9 Å². The van der Waals surface area contributed by atoms with Gasteiger partial charge in [0.2, 0.25) is 5.91 Å². The number of hydrazone groups is 1. The third-order valence-electron chi connectivity index (χ3n) is 4.03. The zero-order valence-corrected chi connectivity index (χ0v) is 16.2. The number of nitrogens with zero attached hydrogens (tertiary/aromatic N) is 2. The van der Waals surface area contributed by atoms with Crippen molar-refractivity contribution in [1.82, 2.24) is 5.43 Å². The molecule has 0 bridgehead atoms. The van der Waals surface area contributed by atoms with Gasteiger partial charge in [-0.05, 0) is 44.9 Å². The van der Waals surface area contributed by atoms with Gasteiger partial charge < -0.3 is 5.32 Å². The van der Waals surface area contributed by atoms with Gasteiger partial charge in [-0.25, -0.2) is 5.43 Å². The highest BCUT2D eigenvalue weighted by Gasteiger charge is 2.12. The topological polar surface area (TPSA) is 114 Å². The Balaban J connectivity index is 1.99. The summed E-state index contributed by atoms with van der Waals surface area (Å²) in [5.74, 6) is -0.838. The molecule has 2 rings (SSSR count). The lowest BCUT2D eigenvalue weighted by atomic mass is 10.0. The Morgan fingerprint density at radius 2 is 1.75 bits per heavy atom. The van der Waals surface area contributed by atoms with Gasteiger partial charge in [-0.2, -0.15) is 5.10 Å². The largest absolute Gasteiger partial charge is 0.325 e. The van der Waals surface area contributed by atoms with E-state index >= 15 is 0 Å². The highest BCUT2D eigenvalue weighted by Crippen LogP contribution is 2.22. The molecule has 0 fully saturated rings. The second-order valence-electron chi connectivity index (χ2n) is 6.59. The van der Waals surface area contributed by atoms with Crippen LogP contribution in [0.25, 0.3) is 0 Å². The van der Waals surface area contributed by atoms with Crippen LogP contribution in [0, 0.1) is 30.9 Å². The summed E-state index contributed by atoms with van der Waals surface area (Å²) in [5.41, 5.74) is 6.47. The van der Waals surface area contributed by atoms with E-state index in [9.17, 15) is 19.7 Å². The second kappa shape index (κ2) is 8.90. The maximum Gasteiger partial charge on any atom is 0.271 e. The molecule has 8 heteroatoms. The zero-order chi connectivity index (χ0) is 20.8. The van der Waals surface area contributed by atoms with Crippen LogP contribution in [-0.2, 0) is 4.79 Å². The van der Waals surface area contributed by atoms with Crippen molar-refractivity contribution in [2.75, 3.05) is 5.32 Å². The molecule has 0 aliphatic rings. The first-order chi connectivity index (χ1) is 13.2. The first-order valence-corrected chi connectivity index (χ1v) is 8.63. The molecule has 2 N–H and O–H groups in total. The number of non-ortho nitro benzene ring substituents is 1. The van der Waals surface area contributed by atoms with Crippen LogP contribution in [0.1, 0.15) is 40.4 Å². The molecule has 0 heterocycles. The van der Waals surface area contributed by atoms with Gasteiger partial charge in [-0.3, -0.25) is 19.7 Å². The van der Waals surface area contributed by atoms with Crippen LogP contribution < -0.4 is 10.7 Å². The second-order valence-corrected chi connectivity index (χ2v) is 6.59. The first kappa shape index (κ1) is 20.8. The molecule has 0 aromatic heterocycles. The van der Waals surface area contributed by atoms with Crippen molar-refractivity contribution in [2.24, 2.45) is 5.10 Å². The van der Waals surface area contributed by atoms with Gasteiger partial charge in [0.15, 0.2) is 0 Å². The number of anilines is 1. The van der Waals surface area contributed by atoms with E-state index in [4.69, 9.17) is 0 Å². The molecule has 2 aromatic rings. The molecule has 0 atom stereocenters. The van der Waals surface area contributed by atoms with Crippen molar-refractivity contribution in [3.8, 4) is 0 Å². The fourth-order valence-electron chi connectivity index (χ4n) is 2.80. The Bertz CT molecular complexity index is 943. The summed E-state index contributed by atoms with van der Waals surface area (Å²) in [7, 11) is 0. The quantitative estimate of drug-likeness (QED) is 0.451. The van der Waals surface area contributed by atoms with Gasteiger partial charge >= 0.3 is 0 Å². The molecule has 8 nitrogen and oxygen atoms in total. The molecule has 0 saturated carbocycles. The normalized spacial score (nSPS) is 11.1. The predicted molar refractivity (Wildman–Crippen MR) is 108 cm³/mol. The molecule has 0 radical (unpaired) electrons. The molecule has 2 aromatic carbocycles. The van der Waals surface area contributed by atoms with Crippen LogP contribution in [0.2, 0.25) is 0 Å². The molecule has 0 saturated heterocycles. The van der Waals surface area contributed by atoms with E-state index in [1.54, 1.807) is 6.92 Å². The van der Waals surface area contributed by atoms with Crippen LogP contribution in [0.3, 0.4) is 0 Å². The Labute approximate surface area is 162 Å². The van der Waals surface area contributed by atoms with E-state index in [0.717, 1.165) is 28.4 Å². The van der Waals surface area contributed by atoms with Crippen LogP contribution in [0.4, 0.5) is 11.4 Å². The standard InChI is InChI=1S/C20H22N4O4/c1-12-8-13(2)19(14(3)9-12)21-18(25)10-15(4)22-23-20(26)16-6-5-7-17(11-16)24(27)28/h5-9,11H,10H2,1-4H3,(H,21,25)(H,23,26). The summed E-state index contributed by atoms with van der Waals surface area (Å²) in [4.78, 5) is 34.6. The molecule has 0 unspecified atom stereocenters. The number of hydrogen-bond donors (Lipinski definition) is 2. The molecule has 146 valence electrons. The fourth-order valence-corrected chi connectivity index (χ4v) is 2.80. The lowest BCUT2D eigenvalue weighted by Crippen LogP contribution is -2.22. The monoisotopic (exact) mass is 382 g/mol. The average Bonchev–Trinajstić information content (AvgIpc) is 2.62. The van der Waals surface area contributed by atoms with Gasteiger partial charge in [0, 0.05) is 29.1 Å². The molecule has 0 aliphatic heterocycles. The Morgan fingerprint density at radius 1 is 1.11 bits per heavy atom. The highest BCUT2D eigenvalue weighted by molar-refractivity contribution is 6.06. The highest BCUT2D eigenvalue weighted by atomic mass is 16.6. The average molecular weight is 382 g/mol. The summed E-state index contributed by atoms with van der Waals surface area (Å²) in [5, 5.41) is 17.6. The molecular weight excluding hydrogens is 360 g/mol. The van der Waals surface area contributed by atoms with Crippen LogP contribution in [-0.4, -0.2) is 22.4 Å². The lowest BCUT2D eigenvalue weighted by molar-refractivity contribution is -0.384. The Morgan fingerprint density at radius 3 is 2.36 bits per heavy atom. The van der Waals surface area contributed by atoms with Gasteiger partial charge in [0.1, 0.15) is 0 Å². The van der Waals surface area contributed by atoms with Crippen molar-refractivity contribution in [3.63, 3.8) is 0 Å². The number of nitro benzene ring substituents is 1. The number of aryl methyl sites for hydroxylation is 3. The number of hydrogen-bond acceptors (Lipinski definition) is 5. The van der Waals surface area contributed by atoms with Crippen molar-refractivity contribution in [2.45, 2.75) is 34.1 Å².